The zero-order valence-electron chi connectivity index (χ0n) is 12.9. The first kappa shape index (κ1) is 16.5. The van der Waals surface area contributed by atoms with Crippen LogP contribution in [0.5, 0.6) is 0 Å². The minimum Gasteiger partial charge on any atom is -0.368 e. The van der Waals surface area contributed by atoms with Crippen LogP contribution in [0, 0.1) is 5.92 Å². The third-order valence-electron chi connectivity index (χ3n) is 3.69. The first-order chi connectivity index (χ1) is 10.6. The zero-order chi connectivity index (χ0) is 16.1. The monoisotopic (exact) mass is 320 g/mol. The molecule has 1 aromatic carbocycles. The first-order valence-corrected chi connectivity index (χ1v) is 7.97. The van der Waals surface area contributed by atoms with E-state index in [1.54, 1.807) is 24.3 Å². The standard InChI is InChI=1S/C16H21ClN4O/c1-3-5-6-11(4-2)15(22)21-16(18)19-14(20-21)12-7-9-13(17)10-8-12/h7-11H,3-6H2,1-2H3,(H2,18,19,20). The van der Waals surface area contributed by atoms with Crippen molar-refractivity contribution in [3.63, 3.8) is 0 Å². The molecule has 0 saturated carbocycles. The quantitative estimate of drug-likeness (QED) is 0.871. The van der Waals surface area contributed by atoms with Gasteiger partial charge in [-0.15, -0.1) is 5.10 Å². The first-order valence-electron chi connectivity index (χ1n) is 7.59. The van der Waals surface area contributed by atoms with Crippen molar-refractivity contribution in [2.75, 3.05) is 5.73 Å². The van der Waals surface area contributed by atoms with Gasteiger partial charge in [-0.2, -0.15) is 9.67 Å². The summed E-state index contributed by atoms with van der Waals surface area (Å²) in [6.07, 6.45) is 3.70. The lowest BCUT2D eigenvalue weighted by molar-refractivity contribution is 0.0807. The van der Waals surface area contributed by atoms with Crippen LogP contribution in [0.25, 0.3) is 11.4 Å². The van der Waals surface area contributed by atoms with E-state index in [-0.39, 0.29) is 17.8 Å². The summed E-state index contributed by atoms with van der Waals surface area (Å²) >= 11 is 5.87. The van der Waals surface area contributed by atoms with Gasteiger partial charge >= 0.3 is 0 Å². The molecule has 0 aliphatic rings. The van der Waals surface area contributed by atoms with Gasteiger partial charge in [-0.05, 0) is 37.1 Å². The highest BCUT2D eigenvalue weighted by Crippen LogP contribution is 2.21. The molecule has 0 saturated heterocycles. The molecule has 2 rings (SSSR count). The van der Waals surface area contributed by atoms with Crippen LogP contribution in [-0.4, -0.2) is 20.7 Å². The SMILES string of the molecule is CCCCC(CC)C(=O)n1nc(-c2ccc(Cl)cc2)nc1N. The zero-order valence-corrected chi connectivity index (χ0v) is 13.7. The topological polar surface area (TPSA) is 73.8 Å². The Morgan fingerprint density at radius 1 is 1.32 bits per heavy atom. The van der Waals surface area contributed by atoms with Crippen molar-refractivity contribution in [2.45, 2.75) is 39.5 Å². The lowest BCUT2D eigenvalue weighted by Crippen LogP contribution is -2.24. The van der Waals surface area contributed by atoms with Gasteiger partial charge < -0.3 is 5.73 Å². The van der Waals surface area contributed by atoms with Gasteiger partial charge in [-0.3, -0.25) is 4.79 Å². The lowest BCUT2D eigenvalue weighted by Gasteiger charge is -2.12. The molecular formula is C16H21ClN4O. The molecular weight excluding hydrogens is 300 g/mol. The van der Waals surface area contributed by atoms with Crippen LogP contribution in [0.3, 0.4) is 0 Å². The fraction of sp³-hybridized carbons (Fsp3) is 0.438. The molecule has 0 spiro atoms. The smallest absolute Gasteiger partial charge is 0.253 e. The van der Waals surface area contributed by atoms with Gasteiger partial charge in [0.15, 0.2) is 5.82 Å². The van der Waals surface area contributed by atoms with Crippen LogP contribution in [0.15, 0.2) is 24.3 Å². The molecule has 1 unspecified atom stereocenters. The molecule has 0 amide bonds. The predicted octanol–water partition coefficient (Wildman–Crippen LogP) is 4.04. The number of nitrogens with two attached hydrogens (primary N) is 1. The number of hydrogen-bond donors (Lipinski definition) is 1. The lowest BCUT2D eigenvalue weighted by atomic mass is 9.99. The predicted molar refractivity (Wildman–Crippen MR) is 88.8 cm³/mol. The molecule has 0 aliphatic heterocycles. The van der Waals surface area contributed by atoms with Crippen molar-refractivity contribution in [3.05, 3.63) is 29.3 Å². The van der Waals surface area contributed by atoms with Crippen molar-refractivity contribution in [1.29, 1.82) is 0 Å². The van der Waals surface area contributed by atoms with Crippen molar-refractivity contribution in [2.24, 2.45) is 5.92 Å². The van der Waals surface area contributed by atoms with Crippen LogP contribution in [0.1, 0.15) is 44.3 Å². The number of anilines is 1. The van der Waals surface area contributed by atoms with Gasteiger partial charge in [0.25, 0.3) is 5.91 Å². The molecule has 2 aromatic rings. The van der Waals surface area contributed by atoms with Crippen molar-refractivity contribution >= 4 is 23.5 Å². The number of unbranched alkanes of at least 4 members (excludes halogenated alkanes) is 1. The number of halogens is 1. The minimum atomic E-state index is -0.0823. The Labute approximate surface area is 135 Å². The molecule has 0 radical (unpaired) electrons. The fourth-order valence-corrected chi connectivity index (χ4v) is 2.46. The number of nitrogens with zero attached hydrogens (tertiary/aromatic N) is 3. The van der Waals surface area contributed by atoms with Crippen molar-refractivity contribution in [1.82, 2.24) is 14.8 Å². The van der Waals surface area contributed by atoms with Gasteiger partial charge in [0, 0.05) is 16.5 Å². The number of rotatable bonds is 6. The highest BCUT2D eigenvalue weighted by Gasteiger charge is 2.22. The molecule has 2 N–H and O–H groups in total. The summed E-state index contributed by atoms with van der Waals surface area (Å²) in [5, 5.41) is 4.91. The Morgan fingerprint density at radius 2 is 2.00 bits per heavy atom. The van der Waals surface area contributed by atoms with Crippen LogP contribution < -0.4 is 5.73 Å². The van der Waals surface area contributed by atoms with Crippen LogP contribution in [-0.2, 0) is 0 Å². The van der Waals surface area contributed by atoms with Gasteiger partial charge in [0.1, 0.15) is 0 Å². The third kappa shape index (κ3) is 3.65. The van der Waals surface area contributed by atoms with E-state index < -0.39 is 0 Å². The minimum absolute atomic E-state index is 0.0676. The van der Waals surface area contributed by atoms with Gasteiger partial charge in [-0.1, -0.05) is 38.3 Å². The molecule has 118 valence electrons. The Hall–Kier alpha value is -1.88. The number of carbonyl (C=O) groups excluding carboxylic acids is 1. The largest absolute Gasteiger partial charge is 0.368 e. The summed E-state index contributed by atoms with van der Waals surface area (Å²) in [6.45, 7) is 4.12. The second-order valence-corrected chi connectivity index (χ2v) is 5.73. The molecule has 22 heavy (non-hydrogen) atoms. The maximum atomic E-state index is 12.6. The third-order valence-corrected chi connectivity index (χ3v) is 3.94. The van der Waals surface area contributed by atoms with Crippen molar-refractivity contribution in [3.8, 4) is 11.4 Å². The molecule has 1 heterocycles. The van der Waals surface area contributed by atoms with Gasteiger partial charge in [0.05, 0.1) is 0 Å². The summed E-state index contributed by atoms with van der Waals surface area (Å²) in [5.74, 6) is 0.418. The Balaban J connectivity index is 2.25. The van der Waals surface area contributed by atoms with E-state index in [1.165, 1.54) is 4.68 Å². The Kier molecular flexibility index (Phi) is 5.55. The van der Waals surface area contributed by atoms with E-state index in [0.29, 0.717) is 10.8 Å². The van der Waals surface area contributed by atoms with E-state index in [2.05, 4.69) is 17.0 Å². The van der Waals surface area contributed by atoms with E-state index in [9.17, 15) is 4.79 Å². The van der Waals surface area contributed by atoms with Gasteiger partial charge in [0.2, 0.25) is 5.95 Å². The summed E-state index contributed by atoms with van der Waals surface area (Å²) in [4.78, 5) is 16.8. The maximum absolute atomic E-state index is 12.6. The average Bonchev–Trinajstić information content (AvgIpc) is 2.90. The van der Waals surface area contributed by atoms with Crippen molar-refractivity contribution < 1.29 is 4.79 Å². The number of nitrogen functional groups attached to an aromatic ring is 1. The number of benzene rings is 1. The molecule has 0 bridgehead atoms. The second kappa shape index (κ2) is 7.40. The summed E-state index contributed by atoms with van der Waals surface area (Å²) in [6, 6.07) is 7.12. The highest BCUT2D eigenvalue weighted by molar-refractivity contribution is 6.30. The number of hydrogen-bond acceptors (Lipinski definition) is 4. The molecule has 6 heteroatoms. The number of aromatic nitrogens is 3. The van der Waals surface area contributed by atoms with E-state index in [0.717, 1.165) is 31.2 Å². The normalized spacial score (nSPS) is 12.3. The second-order valence-electron chi connectivity index (χ2n) is 5.30. The summed E-state index contributed by atoms with van der Waals surface area (Å²) in [5.41, 5.74) is 6.65. The molecule has 0 aliphatic carbocycles. The summed E-state index contributed by atoms with van der Waals surface area (Å²) in [7, 11) is 0. The van der Waals surface area contributed by atoms with Crippen LogP contribution >= 0.6 is 11.6 Å². The molecule has 1 aromatic heterocycles. The number of carbonyl (C=O) groups is 1. The van der Waals surface area contributed by atoms with E-state index in [4.69, 9.17) is 17.3 Å². The van der Waals surface area contributed by atoms with Crippen LogP contribution in [0.4, 0.5) is 5.95 Å². The van der Waals surface area contributed by atoms with E-state index >= 15 is 0 Å². The molecule has 0 fully saturated rings. The molecule has 5 nitrogen and oxygen atoms in total. The van der Waals surface area contributed by atoms with E-state index in [1.807, 2.05) is 6.92 Å². The maximum Gasteiger partial charge on any atom is 0.253 e. The van der Waals surface area contributed by atoms with Gasteiger partial charge in [-0.25, -0.2) is 0 Å². The molecule has 1 atom stereocenters. The Bertz CT molecular complexity index is 636. The highest BCUT2D eigenvalue weighted by atomic mass is 35.5. The fourth-order valence-electron chi connectivity index (χ4n) is 2.33. The van der Waals surface area contributed by atoms with Crippen LogP contribution in [0.2, 0.25) is 5.02 Å². The Morgan fingerprint density at radius 3 is 2.59 bits per heavy atom. The average molecular weight is 321 g/mol. The summed E-state index contributed by atoms with van der Waals surface area (Å²) < 4.78 is 1.23.